The van der Waals surface area contributed by atoms with Crippen molar-refractivity contribution >= 4 is 23.3 Å². The number of benzene rings is 2. The van der Waals surface area contributed by atoms with E-state index < -0.39 is 0 Å². The second-order valence-electron chi connectivity index (χ2n) is 6.35. The molecule has 4 rings (SSSR count). The van der Waals surface area contributed by atoms with E-state index in [1.54, 1.807) is 28.9 Å². The van der Waals surface area contributed by atoms with Crippen molar-refractivity contribution in [3.8, 4) is 11.6 Å². The quantitative estimate of drug-likeness (QED) is 0.741. The lowest BCUT2D eigenvalue weighted by Crippen LogP contribution is -2.33. The molecule has 1 saturated heterocycles. The number of hydrogen-bond acceptors (Lipinski definition) is 3. The van der Waals surface area contributed by atoms with Crippen LogP contribution in [-0.2, 0) is 0 Å². The molecule has 2 heterocycles. The Hall–Kier alpha value is -2.18. The van der Waals surface area contributed by atoms with E-state index >= 15 is 0 Å². The first kappa shape index (κ1) is 18.6. The zero-order valence-corrected chi connectivity index (χ0v) is 14.9. The Balaban J connectivity index is 0.00000196. The summed E-state index contributed by atoms with van der Waals surface area (Å²) in [4.78, 5) is 0. The number of aromatic nitrogens is 2. The molecule has 138 valence electrons. The monoisotopic (exact) mass is 379 g/mol. The Morgan fingerprint density at radius 2 is 1.96 bits per heavy atom. The Kier molecular flexibility index (Phi) is 5.74. The topological polar surface area (TPSA) is 39.1 Å². The van der Waals surface area contributed by atoms with Gasteiger partial charge in [0.15, 0.2) is 0 Å². The smallest absolute Gasteiger partial charge is 0.244 e. The predicted octanol–water partition coefficient (Wildman–Crippen LogP) is 4.10. The first-order valence-corrected chi connectivity index (χ1v) is 8.49. The van der Waals surface area contributed by atoms with Gasteiger partial charge in [-0.3, -0.25) is 0 Å². The number of nitrogens with one attached hydrogen (secondary N) is 1. The molecule has 0 bridgehead atoms. The van der Waals surface area contributed by atoms with Gasteiger partial charge in [-0.2, -0.15) is 0 Å². The van der Waals surface area contributed by atoms with Gasteiger partial charge < -0.3 is 10.1 Å². The van der Waals surface area contributed by atoms with Crippen LogP contribution in [0.25, 0.3) is 16.6 Å². The molecule has 7 heteroatoms. The van der Waals surface area contributed by atoms with E-state index in [-0.39, 0.29) is 29.9 Å². The van der Waals surface area contributed by atoms with Gasteiger partial charge >= 0.3 is 0 Å². The summed E-state index contributed by atoms with van der Waals surface area (Å²) < 4.78 is 35.1. The summed E-state index contributed by atoms with van der Waals surface area (Å²) in [6, 6.07) is 10.8. The fraction of sp³-hybridized carbons (Fsp3) is 0.316. The van der Waals surface area contributed by atoms with E-state index in [2.05, 4.69) is 10.4 Å². The van der Waals surface area contributed by atoms with Crippen molar-refractivity contribution < 1.29 is 13.5 Å². The van der Waals surface area contributed by atoms with E-state index in [9.17, 15) is 8.78 Å². The summed E-state index contributed by atoms with van der Waals surface area (Å²) in [5.74, 6) is -0.0233. The molecule has 1 aliphatic heterocycles. The van der Waals surface area contributed by atoms with Crippen LogP contribution in [0.5, 0.6) is 5.88 Å². The molecule has 0 aliphatic carbocycles. The standard InChI is InChI=1S/C19H19F2N3O.ClH/c20-14-6-8-15(9-7-14)24-17-5-1-4-16(21)18(17)19(23-24)25-12-13-3-2-10-22-11-13;/h1,4-9,13,22H,2-3,10-12H2;1H. The molecule has 26 heavy (non-hydrogen) atoms. The van der Waals surface area contributed by atoms with Crippen LogP contribution >= 0.6 is 12.4 Å². The lowest BCUT2D eigenvalue weighted by atomic mass is 10.0. The number of piperidine rings is 1. The maximum atomic E-state index is 14.4. The molecular weight excluding hydrogens is 360 g/mol. The average molecular weight is 380 g/mol. The van der Waals surface area contributed by atoms with Gasteiger partial charge in [-0.1, -0.05) is 6.07 Å². The zero-order chi connectivity index (χ0) is 17.2. The number of nitrogens with zero attached hydrogens (tertiary/aromatic N) is 2. The first-order valence-electron chi connectivity index (χ1n) is 8.49. The Labute approximate surface area is 156 Å². The highest BCUT2D eigenvalue weighted by Crippen LogP contribution is 2.30. The minimum absolute atomic E-state index is 0. The van der Waals surface area contributed by atoms with Gasteiger partial charge in [0, 0.05) is 12.5 Å². The van der Waals surface area contributed by atoms with E-state index in [0.717, 1.165) is 25.9 Å². The van der Waals surface area contributed by atoms with Crippen molar-refractivity contribution in [1.29, 1.82) is 0 Å². The molecule has 0 radical (unpaired) electrons. The SMILES string of the molecule is Cl.Fc1ccc(-n2nc(OCC3CCCNC3)c3c(F)cccc32)cc1. The molecule has 0 spiro atoms. The summed E-state index contributed by atoms with van der Waals surface area (Å²) in [6.45, 7) is 2.43. The zero-order valence-electron chi connectivity index (χ0n) is 14.1. The fourth-order valence-electron chi connectivity index (χ4n) is 3.24. The van der Waals surface area contributed by atoms with Crippen LogP contribution in [0.4, 0.5) is 8.78 Å². The Morgan fingerprint density at radius 3 is 2.69 bits per heavy atom. The number of rotatable bonds is 4. The molecule has 1 atom stereocenters. The number of hydrogen-bond donors (Lipinski definition) is 1. The second-order valence-corrected chi connectivity index (χ2v) is 6.35. The first-order chi connectivity index (χ1) is 12.2. The largest absolute Gasteiger partial charge is 0.476 e. The van der Waals surface area contributed by atoms with Crippen LogP contribution in [0.2, 0.25) is 0 Å². The second kappa shape index (κ2) is 8.01. The van der Waals surface area contributed by atoms with Gasteiger partial charge in [0.05, 0.1) is 23.2 Å². The van der Waals surface area contributed by atoms with Gasteiger partial charge in [-0.15, -0.1) is 17.5 Å². The molecule has 0 amide bonds. The Bertz CT molecular complexity index is 876. The van der Waals surface area contributed by atoms with Crippen molar-refractivity contribution in [1.82, 2.24) is 15.1 Å². The molecular formula is C19H20ClF2N3O. The highest BCUT2D eigenvalue weighted by Gasteiger charge is 2.19. The van der Waals surface area contributed by atoms with Crippen molar-refractivity contribution in [3.63, 3.8) is 0 Å². The maximum Gasteiger partial charge on any atom is 0.244 e. The summed E-state index contributed by atoms with van der Waals surface area (Å²) in [5, 5.41) is 8.14. The minimum atomic E-state index is -0.373. The molecule has 3 aromatic rings. The van der Waals surface area contributed by atoms with Crippen molar-refractivity contribution in [3.05, 3.63) is 54.1 Å². The lowest BCUT2D eigenvalue weighted by molar-refractivity contribution is 0.213. The molecule has 1 N–H and O–H groups in total. The molecule has 2 aromatic carbocycles. The number of fused-ring (bicyclic) bond motifs is 1. The highest BCUT2D eigenvalue weighted by atomic mass is 35.5. The summed E-state index contributed by atoms with van der Waals surface area (Å²) >= 11 is 0. The third-order valence-electron chi connectivity index (χ3n) is 4.55. The van der Waals surface area contributed by atoms with Crippen molar-refractivity contribution in [2.45, 2.75) is 12.8 Å². The highest BCUT2D eigenvalue weighted by molar-refractivity contribution is 5.86. The van der Waals surface area contributed by atoms with Gasteiger partial charge in [0.1, 0.15) is 11.6 Å². The number of halogens is 3. The summed E-state index contributed by atoms with van der Waals surface area (Å²) in [5.41, 5.74) is 1.26. The van der Waals surface area contributed by atoms with E-state index in [1.165, 1.54) is 18.2 Å². The van der Waals surface area contributed by atoms with E-state index in [1.807, 2.05) is 0 Å². The van der Waals surface area contributed by atoms with Gasteiger partial charge in [-0.05, 0) is 55.8 Å². The third-order valence-corrected chi connectivity index (χ3v) is 4.55. The van der Waals surface area contributed by atoms with Crippen LogP contribution < -0.4 is 10.1 Å². The van der Waals surface area contributed by atoms with E-state index in [4.69, 9.17) is 4.74 Å². The van der Waals surface area contributed by atoms with E-state index in [0.29, 0.717) is 29.1 Å². The molecule has 1 unspecified atom stereocenters. The fourth-order valence-corrected chi connectivity index (χ4v) is 3.24. The van der Waals surface area contributed by atoms with Crippen LogP contribution in [-0.4, -0.2) is 29.5 Å². The maximum absolute atomic E-state index is 14.4. The predicted molar refractivity (Wildman–Crippen MR) is 99.3 cm³/mol. The molecule has 1 fully saturated rings. The Morgan fingerprint density at radius 1 is 1.15 bits per heavy atom. The summed E-state index contributed by atoms with van der Waals surface area (Å²) in [7, 11) is 0. The van der Waals surface area contributed by atoms with Crippen LogP contribution in [0.3, 0.4) is 0 Å². The third kappa shape index (κ3) is 3.66. The van der Waals surface area contributed by atoms with Gasteiger partial charge in [0.2, 0.25) is 5.88 Å². The minimum Gasteiger partial charge on any atom is -0.476 e. The molecule has 4 nitrogen and oxygen atoms in total. The van der Waals surface area contributed by atoms with Crippen LogP contribution in [0.1, 0.15) is 12.8 Å². The molecule has 0 saturated carbocycles. The normalized spacial score (nSPS) is 17.1. The molecule has 1 aliphatic rings. The van der Waals surface area contributed by atoms with Crippen molar-refractivity contribution in [2.24, 2.45) is 5.92 Å². The summed E-state index contributed by atoms with van der Waals surface area (Å²) in [6.07, 6.45) is 2.21. The van der Waals surface area contributed by atoms with Crippen molar-refractivity contribution in [2.75, 3.05) is 19.7 Å². The average Bonchev–Trinajstić information content (AvgIpc) is 3.02. The van der Waals surface area contributed by atoms with Gasteiger partial charge in [0.25, 0.3) is 0 Å². The number of ether oxygens (including phenoxy) is 1. The van der Waals surface area contributed by atoms with Crippen LogP contribution in [0, 0.1) is 17.6 Å². The van der Waals surface area contributed by atoms with Gasteiger partial charge in [-0.25, -0.2) is 13.5 Å². The lowest BCUT2D eigenvalue weighted by Gasteiger charge is -2.22. The molecule has 1 aromatic heterocycles. The van der Waals surface area contributed by atoms with Crippen LogP contribution in [0.15, 0.2) is 42.5 Å².